The van der Waals surface area contributed by atoms with E-state index >= 15 is 0 Å². The Morgan fingerprint density at radius 2 is 1.90 bits per heavy atom. The molecule has 0 fully saturated rings. The lowest BCUT2D eigenvalue weighted by atomic mass is 10.2. The summed E-state index contributed by atoms with van der Waals surface area (Å²) in [5.74, 6) is 0.807. The lowest BCUT2D eigenvalue weighted by Gasteiger charge is -2.17. The average molecular weight is 288 g/mol. The van der Waals surface area contributed by atoms with Crippen LogP contribution in [0.1, 0.15) is 23.9 Å². The van der Waals surface area contributed by atoms with Gasteiger partial charge < -0.3 is 15.3 Å². The number of ether oxygens (including phenoxy) is 1. The summed E-state index contributed by atoms with van der Waals surface area (Å²) in [6.07, 6.45) is 0.421. The van der Waals surface area contributed by atoms with Crippen molar-refractivity contribution < 1.29 is 9.84 Å². The van der Waals surface area contributed by atoms with Gasteiger partial charge in [-0.05, 0) is 50.1 Å². The summed E-state index contributed by atoms with van der Waals surface area (Å²) >= 11 is 0. The second kappa shape index (κ2) is 7.18. The molecule has 4 nitrogen and oxygen atoms in total. The first kappa shape index (κ1) is 15.4. The molecule has 114 valence electrons. The van der Waals surface area contributed by atoms with E-state index in [0.29, 0.717) is 6.54 Å². The molecule has 1 aromatic carbocycles. The molecule has 0 aliphatic carbocycles. The largest absolute Gasteiger partial charge is 0.491 e. The van der Waals surface area contributed by atoms with E-state index in [1.165, 1.54) is 5.56 Å². The Kier molecular flexibility index (Phi) is 5.28. The molecule has 0 bridgehead atoms. The number of nitrogens with zero attached hydrogens (tertiary/aromatic N) is 1. The smallest absolute Gasteiger partial charge is 0.119 e. The highest BCUT2D eigenvalue weighted by Crippen LogP contribution is 2.14. The fourth-order valence-corrected chi connectivity index (χ4v) is 2.22. The molecule has 1 atom stereocenters. The molecule has 0 aliphatic heterocycles. The number of aryl methyl sites for hydroxylation is 3. The first-order chi connectivity index (χ1) is 10.1. The molecule has 0 radical (unpaired) electrons. The Balaban J connectivity index is 1.80. The van der Waals surface area contributed by atoms with Crippen LogP contribution in [0.2, 0.25) is 0 Å². The first-order valence-corrected chi connectivity index (χ1v) is 7.38. The number of hydrogen-bond acceptors (Lipinski definition) is 3. The highest BCUT2D eigenvalue weighted by atomic mass is 16.5. The number of aromatic nitrogens is 1. The van der Waals surface area contributed by atoms with Crippen molar-refractivity contribution >= 4 is 0 Å². The van der Waals surface area contributed by atoms with Crippen molar-refractivity contribution in [3.63, 3.8) is 0 Å². The molecule has 0 amide bonds. The zero-order valence-electron chi connectivity index (χ0n) is 13.0. The van der Waals surface area contributed by atoms with Crippen molar-refractivity contribution in [1.82, 2.24) is 4.68 Å². The number of benzene rings is 1. The Morgan fingerprint density at radius 3 is 2.57 bits per heavy atom. The average Bonchev–Trinajstić information content (AvgIpc) is 2.82. The van der Waals surface area contributed by atoms with E-state index in [9.17, 15) is 5.11 Å². The lowest BCUT2D eigenvalue weighted by Crippen LogP contribution is -2.31. The van der Waals surface area contributed by atoms with Crippen molar-refractivity contribution in [2.45, 2.75) is 33.3 Å². The van der Waals surface area contributed by atoms with Crippen LogP contribution >= 0.6 is 0 Å². The van der Waals surface area contributed by atoms with Crippen LogP contribution in [0.5, 0.6) is 5.75 Å². The quantitative estimate of drug-likeness (QED) is 0.823. The summed E-state index contributed by atoms with van der Waals surface area (Å²) < 4.78 is 7.61. The SMILES string of the molecule is CCc1cccc(OCC(O)CNn2c(C)ccc2C)c1. The van der Waals surface area contributed by atoms with Gasteiger partial charge in [-0.15, -0.1) is 0 Å². The van der Waals surface area contributed by atoms with Gasteiger partial charge in [-0.3, -0.25) is 4.68 Å². The summed E-state index contributed by atoms with van der Waals surface area (Å²) in [7, 11) is 0. The van der Waals surface area contributed by atoms with Crippen LogP contribution in [0.4, 0.5) is 0 Å². The second-order valence-electron chi connectivity index (χ2n) is 5.28. The zero-order valence-corrected chi connectivity index (χ0v) is 13.0. The number of aliphatic hydroxyl groups is 1. The third-order valence-electron chi connectivity index (χ3n) is 3.51. The van der Waals surface area contributed by atoms with E-state index in [0.717, 1.165) is 23.6 Å². The number of hydrogen-bond donors (Lipinski definition) is 2. The first-order valence-electron chi connectivity index (χ1n) is 7.38. The van der Waals surface area contributed by atoms with Crippen LogP contribution < -0.4 is 10.2 Å². The number of rotatable bonds is 7. The molecule has 2 aromatic rings. The minimum atomic E-state index is -0.559. The number of aliphatic hydroxyl groups excluding tert-OH is 1. The Labute approximate surface area is 126 Å². The summed E-state index contributed by atoms with van der Waals surface area (Å²) in [5, 5.41) is 10.0. The molecular formula is C17H24N2O2. The predicted molar refractivity (Wildman–Crippen MR) is 85.5 cm³/mol. The van der Waals surface area contributed by atoms with E-state index in [1.54, 1.807) is 0 Å². The third-order valence-corrected chi connectivity index (χ3v) is 3.51. The van der Waals surface area contributed by atoms with Gasteiger partial charge in [-0.1, -0.05) is 19.1 Å². The van der Waals surface area contributed by atoms with E-state index in [-0.39, 0.29) is 6.61 Å². The van der Waals surface area contributed by atoms with Crippen LogP contribution in [0.3, 0.4) is 0 Å². The molecule has 21 heavy (non-hydrogen) atoms. The minimum Gasteiger partial charge on any atom is -0.491 e. The zero-order chi connectivity index (χ0) is 15.2. The normalized spacial score (nSPS) is 12.2. The van der Waals surface area contributed by atoms with Gasteiger partial charge >= 0.3 is 0 Å². The van der Waals surface area contributed by atoms with Gasteiger partial charge in [0.2, 0.25) is 0 Å². The highest BCUT2D eigenvalue weighted by molar-refractivity contribution is 5.28. The predicted octanol–water partition coefficient (Wildman–Crippen LogP) is 2.65. The van der Waals surface area contributed by atoms with Crippen LogP contribution in [-0.2, 0) is 6.42 Å². The maximum atomic E-state index is 10.0. The van der Waals surface area contributed by atoms with Gasteiger partial charge in [0.05, 0.1) is 6.54 Å². The lowest BCUT2D eigenvalue weighted by molar-refractivity contribution is 0.115. The highest BCUT2D eigenvalue weighted by Gasteiger charge is 2.07. The molecule has 0 spiro atoms. The Morgan fingerprint density at radius 1 is 1.19 bits per heavy atom. The van der Waals surface area contributed by atoms with Gasteiger partial charge in [0.15, 0.2) is 0 Å². The van der Waals surface area contributed by atoms with Crippen molar-refractivity contribution in [2.75, 3.05) is 18.6 Å². The van der Waals surface area contributed by atoms with Crippen molar-refractivity contribution in [3.05, 3.63) is 53.3 Å². The maximum absolute atomic E-state index is 10.0. The molecule has 1 unspecified atom stereocenters. The summed E-state index contributed by atoms with van der Waals surface area (Å²) in [4.78, 5) is 0. The van der Waals surface area contributed by atoms with E-state index in [1.807, 2.05) is 48.9 Å². The summed E-state index contributed by atoms with van der Waals surface area (Å²) in [6.45, 7) is 6.89. The molecular weight excluding hydrogens is 264 g/mol. The molecule has 4 heteroatoms. The maximum Gasteiger partial charge on any atom is 0.119 e. The van der Waals surface area contributed by atoms with Gasteiger partial charge in [-0.25, -0.2) is 0 Å². The van der Waals surface area contributed by atoms with Gasteiger partial charge in [0.25, 0.3) is 0 Å². The molecule has 0 aliphatic rings. The third kappa shape index (κ3) is 4.26. The van der Waals surface area contributed by atoms with Crippen molar-refractivity contribution in [3.8, 4) is 5.75 Å². The van der Waals surface area contributed by atoms with Crippen molar-refractivity contribution in [1.29, 1.82) is 0 Å². The van der Waals surface area contributed by atoms with Gasteiger partial charge in [0.1, 0.15) is 18.5 Å². The topological polar surface area (TPSA) is 46.4 Å². The van der Waals surface area contributed by atoms with Crippen molar-refractivity contribution in [2.24, 2.45) is 0 Å². The molecule has 1 heterocycles. The molecule has 0 saturated carbocycles. The molecule has 1 aromatic heterocycles. The van der Waals surface area contributed by atoms with Crippen LogP contribution in [-0.4, -0.2) is 29.0 Å². The van der Waals surface area contributed by atoms with Crippen LogP contribution in [0.15, 0.2) is 36.4 Å². The number of nitrogens with one attached hydrogen (secondary N) is 1. The Hall–Kier alpha value is -1.94. The summed E-state index contributed by atoms with van der Waals surface area (Å²) in [6, 6.07) is 12.1. The molecule has 2 N–H and O–H groups in total. The fourth-order valence-electron chi connectivity index (χ4n) is 2.22. The minimum absolute atomic E-state index is 0.277. The van der Waals surface area contributed by atoms with Crippen LogP contribution in [0.25, 0.3) is 0 Å². The second-order valence-corrected chi connectivity index (χ2v) is 5.28. The Bertz CT molecular complexity index is 558. The van der Waals surface area contributed by atoms with E-state index in [2.05, 4.69) is 18.4 Å². The standard InChI is InChI=1S/C17H24N2O2/c1-4-15-6-5-7-17(10-15)21-12-16(20)11-18-19-13(2)8-9-14(19)3/h5-10,16,18,20H,4,11-12H2,1-3H3. The molecule has 2 rings (SSSR count). The van der Waals surface area contributed by atoms with Gasteiger partial charge in [0, 0.05) is 11.4 Å². The van der Waals surface area contributed by atoms with Gasteiger partial charge in [-0.2, -0.15) is 0 Å². The van der Waals surface area contributed by atoms with E-state index in [4.69, 9.17) is 4.74 Å². The monoisotopic (exact) mass is 288 g/mol. The van der Waals surface area contributed by atoms with Crippen LogP contribution in [0, 0.1) is 13.8 Å². The molecule has 0 saturated heterocycles. The fraction of sp³-hybridized carbons (Fsp3) is 0.412. The van der Waals surface area contributed by atoms with E-state index < -0.39 is 6.10 Å². The summed E-state index contributed by atoms with van der Waals surface area (Å²) in [5.41, 5.74) is 6.68.